The van der Waals surface area contributed by atoms with E-state index in [-0.39, 0.29) is 0 Å². The van der Waals surface area contributed by atoms with Gasteiger partial charge in [0.05, 0.1) is 23.0 Å². The van der Waals surface area contributed by atoms with Crippen LogP contribution in [0.5, 0.6) is 0 Å². The molecule has 1 unspecified atom stereocenters. The van der Waals surface area contributed by atoms with E-state index < -0.39 is 17.8 Å². The Labute approximate surface area is 120 Å². The highest BCUT2D eigenvalue weighted by Crippen LogP contribution is 2.32. The first-order valence-electron chi connectivity index (χ1n) is 6.53. The second-order valence-electron chi connectivity index (χ2n) is 4.76. The molecule has 2 rings (SSSR count). The highest BCUT2D eigenvalue weighted by Gasteiger charge is 2.31. The van der Waals surface area contributed by atoms with Crippen LogP contribution in [0.3, 0.4) is 0 Å². The van der Waals surface area contributed by atoms with E-state index >= 15 is 0 Å². The third-order valence-electron chi connectivity index (χ3n) is 3.34. The number of aromatic nitrogens is 2. The van der Waals surface area contributed by atoms with Gasteiger partial charge in [0, 0.05) is 7.05 Å². The van der Waals surface area contributed by atoms with E-state index in [1.165, 1.54) is 6.07 Å². The van der Waals surface area contributed by atoms with Crippen molar-refractivity contribution in [3.63, 3.8) is 0 Å². The van der Waals surface area contributed by atoms with Crippen LogP contribution in [-0.2, 0) is 19.6 Å². The monoisotopic (exact) mass is 298 g/mol. The summed E-state index contributed by atoms with van der Waals surface area (Å²) in [6.45, 7) is 1.96. The lowest BCUT2D eigenvalue weighted by Gasteiger charge is -2.18. The number of hydrogen-bond acceptors (Lipinski definition) is 3. The molecule has 1 aromatic carbocycles. The third kappa shape index (κ3) is 3.25. The average molecular weight is 298 g/mol. The second-order valence-corrected chi connectivity index (χ2v) is 4.76. The van der Waals surface area contributed by atoms with Gasteiger partial charge in [-0.3, -0.25) is 10.5 Å². The van der Waals surface area contributed by atoms with Gasteiger partial charge in [-0.05, 0) is 30.2 Å². The smallest absolute Gasteiger partial charge is 0.271 e. The van der Waals surface area contributed by atoms with Gasteiger partial charge in [-0.15, -0.1) is 0 Å². The van der Waals surface area contributed by atoms with Crippen molar-refractivity contribution in [3.8, 4) is 0 Å². The van der Waals surface area contributed by atoms with Gasteiger partial charge < -0.3 is 0 Å². The Bertz CT molecular complexity index is 619. The number of alkyl halides is 3. The van der Waals surface area contributed by atoms with Gasteiger partial charge in [-0.1, -0.05) is 19.1 Å². The van der Waals surface area contributed by atoms with E-state index in [0.29, 0.717) is 11.3 Å². The van der Waals surface area contributed by atoms with Gasteiger partial charge in [0.15, 0.2) is 0 Å². The van der Waals surface area contributed by atoms with Crippen molar-refractivity contribution < 1.29 is 13.2 Å². The number of benzene rings is 1. The summed E-state index contributed by atoms with van der Waals surface area (Å²) < 4.78 is 40.0. The van der Waals surface area contributed by atoms with E-state index in [9.17, 15) is 13.2 Å². The normalized spacial score (nSPS) is 13.4. The quantitative estimate of drug-likeness (QED) is 0.674. The molecule has 1 atom stereocenters. The minimum Gasteiger partial charge on any atom is -0.271 e. The summed E-state index contributed by atoms with van der Waals surface area (Å²) >= 11 is 0. The van der Waals surface area contributed by atoms with Gasteiger partial charge in [0.1, 0.15) is 0 Å². The van der Waals surface area contributed by atoms with Crippen LogP contribution in [0.1, 0.15) is 35.5 Å². The minimum atomic E-state index is -4.38. The lowest BCUT2D eigenvalue weighted by Crippen LogP contribution is -2.30. The van der Waals surface area contributed by atoms with Crippen molar-refractivity contribution in [2.45, 2.75) is 25.6 Å². The maximum Gasteiger partial charge on any atom is 0.416 e. The fourth-order valence-corrected chi connectivity index (χ4v) is 2.23. The van der Waals surface area contributed by atoms with E-state index in [2.05, 4.69) is 10.5 Å². The SMILES string of the molecule is CCc1cc(C(NN)c2cccc(C(F)(F)F)c2)n(C)n1. The Morgan fingerprint density at radius 3 is 2.57 bits per heavy atom. The molecule has 3 N–H and O–H groups in total. The molecule has 0 saturated carbocycles. The zero-order valence-corrected chi connectivity index (χ0v) is 11.8. The molecule has 1 heterocycles. The first-order valence-corrected chi connectivity index (χ1v) is 6.53. The van der Waals surface area contributed by atoms with Crippen LogP contribution < -0.4 is 11.3 Å². The molecule has 0 amide bonds. The fourth-order valence-electron chi connectivity index (χ4n) is 2.23. The number of halogens is 3. The van der Waals surface area contributed by atoms with Crippen molar-refractivity contribution in [1.82, 2.24) is 15.2 Å². The Kier molecular flexibility index (Phi) is 4.34. The Balaban J connectivity index is 2.44. The lowest BCUT2D eigenvalue weighted by molar-refractivity contribution is -0.137. The number of rotatable bonds is 4. The van der Waals surface area contributed by atoms with Crippen molar-refractivity contribution in [2.75, 3.05) is 0 Å². The maximum atomic E-state index is 12.8. The zero-order valence-electron chi connectivity index (χ0n) is 11.8. The molecule has 0 aliphatic rings. The predicted molar refractivity (Wildman–Crippen MR) is 73.2 cm³/mol. The first kappa shape index (κ1) is 15.5. The standard InChI is InChI=1S/C14H17F3N4/c1-3-11-8-12(21(2)20-11)13(19-18)9-5-4-6-10(7-9)14(15,16)17/h4-8,13,19H,3,18H2,1-2H3. The van der Waals surface area contributed by atoms with Gasteiger partial charge in [-0.25, -0.2) is 5.43 Å². The van der Waals surface area contributed by atoms with Gasteiger partial charge in [0.2, 0.25) is 0 Å². The topological polar surface area (TPSA) is 55.9 Å². The van der Waals surface area contributed by atoms with Crippen LogP contribution in [0.25, 0.3) is 0 Å². The summed E-state index contributed by atoms with van der Waals surface area (Å²) in [6, 6.07) is 6.41. The molecule has 21 heavy (non-hydrogen) atoms. The van der Waals surface area contributed by atoms with Crippen molar-refractivity contribution in [1.29, 1.82) is 0 Å². The molecule has 0 saturated heterocycles. The highest BCUT2D eigenvalue weighted by molar-refractivity contribution is 5.33. The maximum absolute atomic E-state index is 12.8. The summed E-state index contributed by atoms with van der Waals surface area (Å²) in [5, 5.41) is 4.29. The van der Waals surface area contributed by atoms with Crippen molar-refractivity contribution >= 4 is 0 Å². The van der Waals surface area contributed by atoms with Crippen molar-refractivity contribution in [3.05, 3.63) is 52.8 Å². The first-order chi connectivity index (χ1) is 9.86. The number of hydrazine groups is 1. The third-order valence-corrected chi connectivity index (χ3v) is 3.34. The molecular formula is C14H17F3N4. The van der Waals surface area contributed by atoms with Gasteiger partial charge >= 0.3 is 6.18 Å². The predicted octanol–water partition coefficient (Wildman–Crippen LogP) is 2.55. The van der Waals surface area contributed by atoms with Gasteiger partial charge in [-0.2, -0.15) is 18.3 Å². The van der Waals surface area contributed by atoms with Crippen LogP contribution in [0.2, 0.25) is 0 Å². The highest BCUT2D eigenvalue weighted by atomic mass is 19.4. The summed E-state index contributed by atoms with van der Waals surface area (Å²) in [6.07, 6.45) is -3.64. The molecule has 0 bridgehead atoms. The van der Waals surface area contributed by atoms with Crippen molar-refractivity contribution in [2.24, 2.45) is 12.9 Å². The largest absolute Gasteiger partial charge is 0.416 e. The Morgan fingerprint density at radius 2 is 2.05 bits per heavy atom. The minimum absolute atomic E-state index is 0.443. The molecule has 0 spiro atoms. The van der Waals surface area contributed by atoms with E-state index in [1.807, 2.05) is 13.0 Å². The summed E-state index contributed by atoms with van der Waals surface area (Å²) in [4.78, 5) is 0. The zero-order chi connectivity index (χ0) is 15.6. The van der Waals surface area contributed by atoms with E-state index in [0.717, 1.165) is 24.2 Å². The van der Waals surface area contributed by atoms with Crippen LogP contribution in [0, 0.1) is 0 Å². The van der Waals surface area contributed by atoms with Crippen LogP contribution >= 0.6 is 0 Å². The molecule has 7 heteroatoms. The van der Waals surface area contributed by atoms with Gasteiger partial charge in [0.25, 0.3) is 0 Å². The lowest BCUT2D eigenvalue weighted by atomic mass is 10.0. The number of hydrogen-bond donors (Lipinski definition) is 2. The Hall–Kier alpha value is -1.86. The number of aryl methyl sites for hydroxylation is 2. The molecule has 4 nitrogen and oxygen atoms in total. The van der Waals surface area contributed by atoms with Crippen LogP contribution in [0.4, 0.5) is 13.2 Å². The molecule has 0 aliphatic heterocycles. The summed E-state index contributed by atoms with van der Waals surface area (Å²) in [5.74, 6) is 5.54. The molecular weight excluding hydrogens is 281 g/mol. The van der Waals surface area contributed by atoms with E-state index in [4.69, 9.17) is 5.84 Å². The number of nitrogens with two attached hydrogens (primary N) is 1. The molecule has 0 radical (unpaired) electrons. The fraction of sp³-hybridized carbons (Fsp3) is 0.357. The second kappa shape index (κ2) is 5.87. The average Bonchev–Trinajstić information content (AvgIpc) is 2.81. The molecule has 114 valence electrons. The van der Waals surface area contributed by atoms with E-state index in [1.54, 1.807) is 17.8 Å². The summed E-state index contributed by atoms with van der Waals surface area (Å²) in [7, 11) is 1.74. The molecule has 0 aliphatic carbocycles. The number of nitrogens with zero attached hydrogens (tertiary/aromatic N) is 2. The molecule has 0 fully saturated rings. The summed E-state index contributed by atoms with van der Waals surface area (Å²) in [5.41, 5.74) is 3.89. The Morgan fingerprint density at radius 1 is 1.33 bits per heavy atom. The van der Waals surface area contributed by atoms with Crippen LogP contribution in [0.15, 0.2) is 30.3 Å². The molecule has 1 aromatic heterocycles. The van der Waals surface area contributed by atoms with Crippen LogP contribution in [-0.4, -0.2) is 9.78 Å². The number of nitrogens with one attached hydrogen (secondary N) is 1. The molecule has 2 aromatic rings.